The molecule has 0 fully saturated rings. The lowest BCUT2D eigenvalue weighted by atomic mass is 9.69. The molecule has 1 aliphatic heterocycles. The van der Waals surface area contributed by atoms with Gasteiger partial charge >= 0.3 is 0 Å². The summed E-state index contributed by atoms with van der Waals surface area (Å²) >= 11 is 0. The summed E-state index contributed by atoms with van der Waals surface area (Å²) in [6.07, 6.45) is 7.04. The summed E-state index contributed by atoms with van der Waals surface area (Å²) in [5.74, 6) is 1.24. The largest absolute Gasteiger partial charge is 0.377 e. The molecule has 0 aromatic heterocycles. The lowest BCUT2D eigenvalue weighted by Crippen LogP contribution is -2.32. The molecule has 0 radical (unpaired) electrons. The summed E-state index contributed by atoms with van der Waals surface area (Å²) in [5, 5.41) is 6.59. The molecule has 1 heterocycles. The number of hydrogen-bond donors (Lipinski definition) is 1. The van der Waals surface area contributed by atoms with Gasteiger partial charge in [-0.2, -0.15) is 0 Å². The van der Waals surface area contributed by atoms with Crippen molar-refractivity contribution in [3.05, 3.63) is 90.0 Å². The predicted octanol–water partition coefficient (Wildman–Crippen LogP) is 6.06. The van der Waals surface area contributed by atoms with Crippen molar-refractivity contribution in [3.63, 3.8) is 0 Å². The molecule has 1 heteroatoms. The fourth-order valence-corrected chi connectivity index (χ4v) is 4.57. The minimum absolute atomic E-state index is 0.388. The summed E-state index contributed by atoms with van der Waals surface area (Å²) in [6, 6.07) is 24.7. The Bertz CT molecular complexity index is 910. The Morgan fingerprint density at radius 2 is 1.54 bits per heavy atom. The van der Waals surface area contributed by atoms with E-state index in [0.29, 0.717) is 17.9 Å². The van der Waals surface area contributed by atoms with Gasteiger partial charge in [-0.15, -0.1) is 0 Å². The molecule has 1 nitrogen and oxygen atoms in total. The Morgan fingerprint density at radius 1 is 0.750 bits per heavy atom. The molecule has 1 N–H and O–H groups in total. The molecule has 0 unspecified atom stereocenters. The molecule has 118 valence electrons. The van der Waals surface area contributed by atoms with Crippen LogP contribution in [-0.2, 0) is 0 Å². The maximum Gasteiger partial charge on any atom is 0.0551 e. The van der Waals surface area contributed by atoms with Crippen LogP contribution in [0.3, 0.4) is 0 Å². The molecule has 3 aromatic rings. The van der Waals surface area contributed by atoms with E-state index in [-0.39, 0.29) is 0 Å². The van der Waals surface area contributed by atoms with Crippen LogP contribution in [0.4, 0.5) is 5.69 Å². The standard InChI is InChI=1S/C23H21N/c1-2-9-17(10-3-1)22-20-13-7-6-12-19(20)21-15-14-16-8-4-5-11-18(16)23(21)24-22/h1-11,14-15,19-20,22,24H,12-13H2/t19-,20+,22+/m0/s1. The molecule has 5 rings (SSSR count). The smallest absolute Gasteiger partial charge is 0.0551 e. The Labute approximate surface area is 143 Å². The van der Waals surface area contributed by atoms with Gasteiger partial charge in [-0.1, -0.05) is 78.9 Å². The molecule has 0 saturated carbocycles. The van der Waals surface area contributed by atoms with E-state index >= 15 is 0 Å². The Morgan fingerprint density at radius 3 is 2.46 bits per heavy atom. The van der Waals surface area contributed by atoms with Gasteiger partial charge in [-0.05, 0) is 41.2 Å². The SMILES string of the molecule is C1=CC[C@@H]2c3ccc4ccccc4c3N[C@H](c3ccccc3)[C@@H]2C1. The zero-order valence-electron chi connectivity index (χ0n) is 13.7. The van der Waals surface area contributed by atoms with Crippen molar-refractivity contribution in [1.29, 1.82) is 0 Å². The third-order valence-corrected chi connectivity index (χ3v) is 5.73. The van der Waals surface area contributed by atoms with Crippen LogP contribution >= 0.6 is 0 Å². The number of fused-ring (bicyclic) bond motifs is 5. The molecule has 1 aliphatic carbocycles. The molecule has 0 spiro atoms. The van der Waals surface area contributed by atoms with Crippen molar-refractivity contribution in [3.8, 4) is 0 Å². The molecule has 0 saturated heterocycles. The van der Waals surface area contributed by atoms with Gasteiger partial charge in [0.2, 0.25) is 0 Å². The molecule has 3 atom stereocenters. The summed E-state index contributed by atoms with van der Waals surface area (Å²) in [6.45, 7) is 0. The molecule has 3 aromatic carbocycles. The topological polar surface area (TPSA) is 12.0 Å². The van der Waals surface area contributed by atoms with Crippen molar-refractivity contribution < 1.29 is 0 Å². The van der Waals surface area contributed by atoms with Crippen molar-refractivity contribution in [2.75, 3.05) is 5.32 Å². The third-order valence-electron chi connectivity index (χ3n) is 5.73. The van der Waals surface area contributed by atoms with Gasteiger partial charge in [0.25, 0.3) is 0 Å². The van der Waals surface area contributed by atoms with Crippen molar-refractivity contribution in [2.24, 2.45) is 5.92 Å². The summed E-state index contributed by atoms with van der Waals surface area (Å²) in [4.78, 5) is 0. The van der Waals surface area contributed by atoms with Crippen LogP contribution in [-0.4, -0.2) is 0 Å². The first-order valence-electron chi connectivity index (χ1n) is 8.90. The average molecular weight is 311 g/mol. The average Bonchev–Trinajstić information content (AvgIpc) is 2.67. The van der Waals surface area contributed by atoms with Crippen LogP contribution in [0.2, 0.25) is 0 Å². The van der Waals surface area contributed by atoms with E-state index in [4.69, 9.17) is 0 Å². The van der Waals surface area contributed by atoms with Crippen LogP contribution in [0.25, 0.3) is 10.8 Å². The zero-order valence-corrected chi connectivity index (χ0v) is 13.7. The van der Waals surface area contributed by atoms with Gasteiger partial charge in [-0.25, -0.2) is 0 Å². The fourth-order valence-electron chi connectivity index (χ4n) is 4.57. The highest BCUT2D eigenvalue weighted by Gasteiger charge is 2.37. The normalized spacial score (nSPS) is 24.9. The van der Waals surface area contributed by atoms with Gasteiger partial charge < -0.3 is 5.32 Å². The first-order chi connectivity index (χ1) is 11.9. The van der Waals surface area contributed by atoms with Gasteiger partial charge in [-0.3, -0.25) is 0 Å². The fraction of sp³-hybridized carbons (Fsp3) is 0.217. The number of rotatable bonds is 1. The summed E-state index contributed by atoms with van der Waals surface area (Å²) < 4.78 is 0. The van der Waals surface area contributed by atoms with E-state index in [9.17, 15) is 0 Å². The van der Waals surface area contributed by atoms with Gasteiger partial charge in [0.05, 0.1) is 6.04 Å². The Balaban J connectivity index is 1.71. The van der Waals surface area contributed by atoms with E-state index in [1.54, 1.807) is 0 Å². The van der Waals surface area contributed by atoms with Crippen molar-refractivity contribution in [2.45, 2.75) is 24.8 Å². The Hall–Kier alpha value is -2.54. The first kappa shape index (κ1) is 13.9. The summed E-state index contributed by atoms with van der Waals surface area (Å²) in [5.41, 5.74) is 4.25. The van der Waals surface area contributed by atoms with Crippen LogP contribution < -0.4 is 5.32 Å². The van der Waals surface area contributed by atoms with E-state index < -0.39 is 0 Å². The van der Waals surface area contributed by atoms with Crippen molar-refractivity contribution in [1.82, 2.24) is 0 Å². The molecular formula is C23H21N. The van der Waals surface area contributed by atoms with E-state index in [1.165, 1.54) is 27.6 Å². The monoisotopic (exact) mass is 311 g/mol. The number of anilines is 1. The van der Waals surface area contributed by atoms with Crippen LogP contribution in [0.1, 0.15) is 35.9 Å². The minimum Gasteiger partial charge on any atom is -0.377 e. The van der Waals surface area contributed by atoms with E-state index in [1.807, 2.05) is 0 Å². The number of benzene rings is 3. The highest BCUT2D eigenvalue weighted by Crippen LogP contribution is 2.51. The van der Waals surface area contributed by atoms with Crippen molar-refractivity contribution >= 4 is 16.5 Å². The van der Waals surface area contributed by atoms with Gasteiger partial charge in [0.15, 0.2) is 0 Å². The maximum atomic E-state index is 3.92. The van der Waals surface area contributed by atoms with E-state index in [0.717, 1.165) is 12.8 Å². The molecule has 0 amide bonds. The lowest BCUT2D eigenvalue weighted by Gasteiger charge is -2.42. The second-order valence-electron chi connectivity index (χ2n) is 7.00. The molecular weight excluding hydrogens is 290 g/mol. The van der Waals surface area contributed by atoms with Gasteiger partial charge in [0.1, 0.15) is 0 Å². The maximum absolute atomic E-state index is 3.92. The number of hydrogen-bond acceptors (Lipinski definition) is 1. The number of allylic oxidation sites excluding steroid dienone is 2. The second-order valence-corrected chi connectivity index (χ2v) is 7.00. The Kier molecular flexibility index (Phi) is 3.19. The van der Waals surface area contributed by atoms with Gasteiger partial charge in [0, 0.05) is 11.1 Å². The summed E-state index contributed by atoms with van der Waals surface area (Å²) in [7, 11) is 0. The molecule has 24 heavy (non-hydrogen) atoms. The second kappa shape index (κ2) is 5.52. The predicted molar refractivity (Wildman–Crippen MR) is 101 cm³/mol. The quantitative estimate of drug-likeness (QED) is 0.539. The third kappa shape index (κ3) is 2.08. The van der Waals surface area contributed by atoms with Crippen LogP contribution in [0.15, 0.2) is 78.9 Å². The van der Waals surface area contributed by atoms with Crippen LogP contribution in [0, 0.1) is 5.92 Å². The van der Waals surface area contributed by atoms with E-state index in [2.05, 4.69) is 84.2 Å². The highest BCUT2D eigenvalue weighted by atomic mass is 15.0. The number of nitrogens with one attached hydrogen (secondary N) is 1. The highest BCUT2D eigenvalue weighted by molar-refractivity contribution is 5.96. The minimum atomic E-state index is 0.388. The van der Waals surface area contributed by atoms with Crippen LogP contribution in [0.5, 0.6) is 0 Å². The lowest BCUT2D eigenvalue weighted by molar-refractivity contribution is 0.350. The molecule has 0 bridgehead atoms. The first-order valence-corrected chi connectivity index (χ1v) is 8.90. The zero-order chi connectivity index (χ0) is 15.9. The molecule has 2 aliphatic rings.